The molecule has 0 spiro atoms. The zero-order chi connectivity index (χ0) is 28.9. The molecule has 3 aromatic rings. The topological polar surface area (TPSA) is 162 Å². The summed E-state index contributed by atoms with van der Waals surface area (Å²) in [6.07, 6.45) is 2.10. The van der Waals surface area contributed by atoms with Crippen molar-refractivity contribution in [3.63, 3.8) is 0 Å². The number of nitrogens with zero attached hydrogens (tertiary/aromatic N) is 4. The summed E-state index contributed by atoms with van der Waals surface area (Å²) in [4.78, 5) is 55.2. The number of aryl methyl sites for hydroxylation is 1. The Morgan fingerprint density at radius 1 is 1.10 bits per heavy atom. The van der Waals surface area contributed by atoms with Gasteiger partial charge in [-0.1, -0.05) is 74.0 Å². The Morgan fingerprint density at radius 2 is 1.88 bits per heavy atom. The molecule has 0 saturated carbocycles. The number of para-hydroxylation sites is 1. The zero-order valence-corrected chi connectivity index (χ0v) is 23.1. The van der Waals surface area contributed by atoms with Gasteiger partial charge in [-0.3, -0.25) is 24.1 Å². The van der Waals surface area contributed by atoms with Crippen molar-refractivity contribution in [3.8, 4) is 0 Å². The van der Waals surface area contributed by atoms with Crippen molar-refractivity contribution in [1.29, 1.82) is 0 Å². The minimum Gasteiger partial charge on any atom is -0.347 e. The Labute approximate surface area is 237 Å². The molecule has 0 fully saturated rings. The minimum atomic E-state index is -0.856. The number of carbonyl (C=O) groups is 4. The van der Waals surface area contributed by atoms with Gasteiger partial charge < -0.3 is 16.0 Å². The summed E-state index contributed by atoms with van der Waals surface area (Å²) in [5.41, 5.74) is 3.45. The first-order chi connectivity index (χ1) is 19.9. The normalized spacial score (nSPS) is 19.1. The highest BCUT2D eigenvalue weighted by molar-refractivity contribution is 6.08. The lowest BCUT2D eigenvalue weighted by molar-refractivity contribution is -0.133. The number of nitrogens with one attached hydrogen (secondary N) is 4. The number of hydrogen-bond donors (Lipinski definition) is 4. The molecule has 0 radical (unpaired) electrons. The highest BCUT2D eigenvalue weighted by Gasteiger charge is 2.44. The summed E-state index contributed by atoms with van der Waals surface area (Å²) in [5.74, 6) is -1.20. The van der Waals surface area contributed by atoms with Crippen LogP contribution in [-0.4, -0.2) is 62.4 Å². The molecule has 5 rings (SSSR count). The van der Waals surface area contributed by atoms with Crippen molar-refractivity contribution < 1.29 is 19.2 Å². The van der Waals surface area contributed by atoms with Crippen molar-refractivity contribution in [2.45, 2.75) is 70.6 Å². The largest absolute Gasteiger partial charge is 0.347 e. The van der Waals surface area contributed by atoms with E-state index in [2.05, 4.69) is 36.6 Å². The molecule has 41 heavy (non-hydrogen) atoms. The molecule has 4 atom stereocenters. The number of benzene rings is 2. The van der Waals surface area contributed by atoms with Crippen LogP contribution >= 0.6 is 0 Å². The van der Waals surface area contributed by atoms with Crippen LogP contribution in [0.2, 0.25) is 0 Å². The predicted molar refractivity (Wildman–Crippen MR) is 149 cm³/mol. The molecule has 0 unspecified atom stereocenters. The molecule has 2 aliphatic rings. The van der Waals surface area contributed by atoms with Crippen LogP contribution in [0.5, 0.6) is 0 Å². The minimum absolute atomic E-state index is 0.0660. The molecule has 1 aromatic heterocycles. The molecule has 0 bridgehead atoms. The van der Waals surface area contributed by atoms with Crippen LogP contribution in [-0.2, 0) is 45.0 Å². The van der Waals surface area contributed by atoms with Gasteiger partial charge in [-0.2, -0.15) is 5.21 Å². The van der Waals surface area contributed by atoms with E-state index in [1.54, 1.807) is 0 Å². The van der Waals surface area contributed by atoms with Gasteiger partial charge in [0.2, 0.25) is 23.6 Å². The van der Waals surface area contributed by atoms with Crippen molar-refractivity contribution in [3.05, 3.63) is 71.0 Å². The summed E-state index contributed by atoms with van der Waals surface area (Å²) in [6.45, 7) is 3.91. The standard InChI is InChI=1S/C29H34N8O4/c1-3-17(2)25(32-24(38)14-18-8-5-4-6-9-18)28(40)31-21-13-12-19-10-7-11-20-15-22(37(26(19)20)29(21)41)27(39)30-16-23-33-35-36-34-23/h4-11,17,21-22,25H,3,12-16H2,1-2H3,(H,30,39)(H,31,40)(H,32,38)(H,33,34,35,36)/t17-,21-,22-,25-/m0/s1. The quantitative estimate of drug-likeness (QED) is 0.288. The van der Waals surface area contributed by atoms with Gasteiger partial charge in [-0.15, -0.1) is 10.2 Å². The number of anilines is 1. The van der Waals surface area contributed by atoms with E-state index >= 15 is 0 Å². The van der Waals surface area contributed by atoms with E-state index in [-0.39, 0.29) is 36.6 Å². The SMILES string of the molecule is CC[C@H](C)[C@H](NC(=O)Cc1ccccc1)C(=O)N[C@H]1CCc2cccc3c2N(C1=O)[C@H](C(=O)NCc1nn[nH]n1)C3. The number of rotatable bonds is 10. The van der Waals surface area contributed by atoms with Crippen molar-refractivity contribution in [2.75, 3.05) is 4.90 Å². The van der Waals surface area contributed by atoms with E-state index in [0.29, 0.717) is 31.5 Å². The maximum absolute atomic E-state index is 14.0. The lowest BCUT2D eigenvalue weighted by atomic mass is 9.96. The second-order valence-corrected chi connectivity index (χ2v) is 10.6. The van der Waals surface area contributed by atoms with Crippen molar-refractivity contribution in [2.24, 2.45) is 5.92 Å². The zero-order valence-electron chi connectivity index (χ0n) is 23.1. The molecule has 4 N–H and O–H groups in total. The average molecular weight is 559 g/mol. The maximum atomic E-state index is 14.0. The van der Waals surface area contributed by atoms with Crippen molar-refractivity contribution >= 4 is 29.3 Å². The van der Waals surface area contributed by atoms with E-state index < -0.39 is 24.0 Å². The molecule has 0 aliphatic carbocycles. The first-order valence-electron chi connectivity index (χ1n) is 13.9. The van der Waals surface area contributed by atoms with E-state index in [0.717, 1.165) is 22.4 Å². The second kappa shape index (κ2) is 12.3. The second-order valence-electron chi connectivity index (χ2n) is 10.6. The van der Waals surface area contributed by atoms with Crippen LogP contribution in [0.1, 0.15) is 49.2 Å². The number of aromatic amines is 1. The van der Waals surface area contributed by atoms with E-state index in [9.17, 15) is 19.2 Å². The van der Waals surface area contributed by atoms with E-state index in [4.69, 9.17) is 0 Å². The highest BCUT2D eigenvalue weighted by atomic mass is 16.2. The van der Waals surface area contributed by atoms with E-state index in [1.807, 2.05) is 62.4 Å². The summed E-state index contributed by atoms with van der Waals surface area (Å²) < 4.78 is 0. The van der Waals surface area contributed by atoms with Crippen molar-refractivity contribution in [1.82, 2.24) is 36.6 Å². The fourth-order valence-electron chi connectivity index (χ4n) is 5.49. The molecule has 2 aliphatic heterocycles. The molecule has 3 heterocycles. The summed E-state index contributed by atoms with van der Waals surface area (Å²) >= 11 is 0. The predicted octanol–water partition coefficient (Wildman–Crippen LogP) is 0.978. The molecule has 4 amide bonds. The van der Waals surface area contributed by atoms with Gasteiger partial charge in [0.25, 0.3) is 0 Å². The smallest absolute Gasteiger partial charge is 0.250 e. The van der Waals surface area contributed by atoms with Crippen LogP contribution < -0.4 is 20.9 Å². The van der Waals surface area contributed by atoms with Gasteiger partial charge in [0.1, 0.15) is 18.1 Å². The van der Waals surface area contributed by atoms with Crippen LogP contribution in [0, 0.1) is 5.92 Å². The van der Waals surface area contributed by atoms with Gasteiger partial charge >= 0.3 is 0 Å². The number of hydrogen-bond acceptors (Lipinski definition) is 7. The monoisotopic (exact) mass is 558 g/mol. The first-order valence-corrected chi connectivity index (χ1v) is 13.9. The molecule has 214 valence electrons. The summed E-state index contributed by atoms with van der Waals surface area (Å²) in [7, 11) is 0. The number of H-pyrrole nitrogens is 1. The molecule has 0 saturated heterocycles. The van der Waals surface area contributed by atoms with Crippen LogP contribution in [0.4, 0.5) is 5.69 Å². The summed E-state index contributed by atoms with van der Waals surface area (Å²) in [5, 5.41) is 22.2. The highest BCUT2D eigenvalue weighted by Crippen LogP contribution is 2.39. The molecule has 12 nitrogen and oxygen atoms in total. The van der Waals surface area contributed by atoms with Gasteiger partial charge in [0, 0.05) is 6.42 Å². The number of tetrazole rings is 1. The lowest BCUT2D eigenvalue weighted by Gasteiger charge is -2.29. The fraction of sp³-hybridized carbons (Fsp3) is 0.414. The third-order valence-electron chi connectivity index (χ3n) is 7.86. The molecular formula is C29H34N8O4. The maximum Gasteiger partial charge on any atom is 0.250 e. The van der Waals surface area contributed by atoms with Crippen LogP contribution in [0.25, 0.3) is 0 Å². The molecule has 2 aromatic carbocycles. The molecule has 12 heteroatoms. The van der Waals surface area contributed by atoms with Crippen LogP contribution in [0.15, 0.2) is 48.5 Å². The first kappa shape index (κ1) is 27.9. The Balaban J connectivity index is 1.32. The Bertz CT molecular complexity index is 1410. The third-order valence-corrected chi connectivity index (χ3v) is 7.86. The van der Waals surface area contributed by atoms with E-state index in [1.165, 1.54) is 4.90 Å². The third kappa shape index (κ3) is 6.11. The Kier molecular flexibility index (Phi) is 8.37. The average Bonchev–Trinajstić information content (AvgIpc) is 3.62. The van der Waals surface area contributed by atoms with Gasteiger partial charge in [-0.05, 0) is 35.4 Å². The lowest BCUT2D eigenvalue weighted by Crippen LogP contribution is -2.58. The summed E-state index contributed by atoms with van der Waals surface area (Å²) in [6, 6.07) is 12.7. The van der Waals surface area contributed by atoms with Gasteiger partial charge in [0.05, 0.1) is 18.7 Å². The van der Waals surface area contributed by atoms with Gasteiger partial charge in [-0.25, -0.2) is 0 Å². The van der Waals surface area contributed by atoms with Crippen LogP contribution in [0.3, 0.4) is 0 Å². The number of carbonyl (C=O) groups excluding carboxylic acids is 4. The Hall–Kier alpha value is -4.61. The number of amides is 4. The Morgan fingerprint density at radius 3 is 2.61 bits per heavy atom. The van der Waals surface area contributed by atoms with Gasteiger partial charge in [0.15, 0.2) is 5.82 Å². The number of aromatic nitrogens is 4. The molecular weight excluding hydrogens is 524 g/mol. The fourth-order valence-corrected chi connectivity index (χ4v) is 5.49.